The normalized spacial score (nSPS) is 21.4. The van der Waals surface area contributed by atoms with Crippen molar-refractivity contribution >= 4 is 11.8 Å². The fourth-order valence-electron chi connectivity index (χ4n) is 2.26. The molecule has 1 heterocycles. The van der Waals surface area contributed by atoms with E-state index in [1.165, 1.54) is 30.1 Å². The number of rotatable bonds is 5. The molecule has 1 fully saturated rings. The van der Waals surface area contributed by atoms with Gasteiger partial charge in [0.2, 0.25) is 0 Å². The first-order valence-electron chi connectivity index (χ1n) is 6.38. The highest BCUT2D eigenvalue weighted by Gasteiger charge is 2.20. The first kappa shape index (κ1) is 13.8. The third-order valence-corrected chi connectivity index (χ3v) is 4.66. The molecule has 0 aliphatic carbocycles. The van der Waals surface area contributed by atoms with Crippen LogP contribution >= 0.6 is 11.8 Å². The summed E-state index contributed by atoms with van der Waals surface area (Å²) < 4.78 is 13.0. The van der Waals surface area contributed by atoms with Crippen LogP contribution in [0.2, 0.25) is 0 Å². The maximum atomic E-state index is 13.0. The van der Waals surface area contributed by atoms with Crippen molar-refractivity contribution in [2.75, 3.05) is 25.1 Å². The van der Waals surface area contributed by atoms with Crippen LogP contribution in [0.3, 0.4) is 0 Å². The second-order valence-corrected chi connectivity index (χ2v) is 6.01. The second-order valence-electron chi connectivity index (χ2n) is 4.86. The van der Waals surface area contributed by atoms with Crippen LogP contribution in [-0.4, -0.2) is 41.1 Å². The van der Waals surface area contributed by atoms with Crippen LogP contribution in [0.4, 0.5) is 4.39 Å². The molecule has 1 aliphatic rings. The maximum absolute atomic E-state index is 13.0. The maximum Gasteiger partial charge on any atom is 0.123 e. The Labute approximate surface area is 112 Å². The Kier molecular flexibility index (Phi) is 5.03. The molecule has 0 aromatic heterocycles. The minimum absolute atomic E-state index is 0.285. The second kappa shape index (κ2) is 6.55. The zero-order chi connectivity index (χ0) is 13.0. The largest absolute Gasteiger partial charge is 0.388 e. The first-order valence-corrected chi connectivity index (χ1v) is 7.54. The van der Waals surface area contributed by atoms with Crippen molar-refractivity contribution in [3.63, 3.8) is 0 Å². The van der Waals surface area contributed by atoms with E-state index in [0.717, 1.165) is 6.54 Å². The van der Waals surface area contributed by atoms with Crippen molar-refractivity contribution < 1.29 is 9.50 Å². The third kappa shape index (κ3) is 3.70. The first-order chi connectivity index (χ1) is 8.66. The lowest BCUT2D eigenvalue weighted by atomic mass is 10.1. The van der Waals surface area contributed by atoms with Gasteiger partial charge in [-0.25, -0.2) is 4.39 Å². The van der Waals surface area contributed by atoms with Crippen LogP contribution in [0.5, 0.6) is 0 Å². The van der Waals surface area contributed by atoms with E-state index in [9.17, 15) is 9.50 Å². The Morgan fingerprint density at radius 3 is 3.06 bits per heavy atom. The van der Waals surface area contributed by atoms with Gasteiger partial charge in [0.05, 0.1) is 6.10 Å². The summed E-state index contributed by atoms with van der Waals surface area (Å²) in [7, 11) is 2.11. The molecule has 1 aromatic carbocycles. The van der Waals surface area contributed by atoms with Gasteiger partial charge < -0.3 is 10.0 Å². The molecule has 18 heavy (non-hydrogen) atoms. The predicted molar refractivity (Wildman–Crippen MR) is 74.3 cm³/mol. The van der Waals surface area contributed by atoms with Crippen molar-refractivity contribution in [3.8, 4) is 0 Å². The molecule has 1 aromatic rings. The van der Waals surface area contributed by atoms with E-state index < -0.39 is 6.10 Å². The van der Waals surface area contributed by atoms with Crippen LogP contribution in [0.25, 0.3) is 0 Å². The van der Waals surface area contributed by atoms with E-state index in [2.05, 4.69) is 11.9 Å². The molecule has 4 heteroatoms. The lowest BCUT2D eigenvalue weighted by Crippen LogP contribution is -2.32. The zero-order valence-corrected chi connectivity index (χ0v) is 11.5. The molecular weight excluding hydrogens is 249 g/mol. The van der Waals surface area contributed by atoms with E-state index in [1.807, 2.05) is 11.8 Å². The fourth-order valence-corrected chi connectivity index (χ4v) is 3.56. The van der Waals surface area contributed by atoms with Gasteiger partial charge in [-0.3, -0.25) is 0 Å². The van der Waals surface area contributed by atoms with Gasteiger partial charge in [-0.05, 0) is 43.3 Å². The van der Waals surface area contributed by atoms with Crippen molar-refractivity contribution in [1.82, 2.24) is 4.90 Å². The van der Waals surface area contributed by atoms with Crippen LogP contribution in [0.15, 0.2) is 24.3 Å². The minimum Gasteiger partial charge on any atom is -0.388 e. The summed E-state index contributed by atoms with van der Waals surface area (Å²) in [6.07, 6.45) is 1.32. The van der Waals surface area contributed by atoms with E-state index in [0.29, 0.717) is 18.0 Å². The number of halogens is 1. The Bertz CT molecular complexity index is 382. The molecule has 0 bridgehead atoms. The fraction of sp³-hybridized carbons (Fsp3) is 0.571. The number of thioether (sulfide) groups is 1. The van der Waals surface area contributed by atoms with Crippen LogP contribution in [-0.2, 0) is 0 Å². The number of hydrogen-bond donors (Lipinski definition) is 1. The summed E-state index contributed by atoms with van der Waals surface area (Å²) >= 11 is 1.99. The van der Waals surface area contributed by atoms with E-state index >= 15 is 0 Å². The average molecular weight is 269 g/mol. The summed E-state index contributed by atoms with van der Waals surface area (Å²) in [6, 6.07) is 6.87. The van der Waals surface area contributed by atoms with Gasteiger partial charge in [-0.1, -0.05) is 12.1 Å². The van der Waals surface area contributed by atoms with Gasteiger partial charge in [-0.15, -0.1) is 0 Å². The SMILES string of the molecule is CN(CCC(O)c1cccc(F)c1)C1CCSC1. The van der Waals surface area contributed by atoms with Crippen molar-refractivity contribution in [2.24, 2.45) is 0 Å². The number of aliphatic hydroxyl groups excluding tert-OH is 1. The number of hydrogen-bond acceptors (Lipinski definition) is 3. The highest BCUT2D eigenvalue weighted by atomic mass is 32.2. The van der Waals surface area contributed by atoms with Gasteiger partial charge in [0, 0.05) is 18.3 Å². The molecule has 0 radical (unpaired) electrons. The molecule has 2 nitrogen and oxygen atoms in total. The third-order valence-electron chi connectivity index (χ3n) is 3.52. The van der Waals surface area contributed by atoms with E-state index in [1.54, 1.807) is 12.1 Å². The smallest absolute Gasteiger partial charge is 0.123 e. The summed E-state index contributed by atoms with van der Waals surface area (Å²) in [6.45, 7) is 0.850. The lowest BCUT2D eigenvalue weighted by Gasteiger charge is -2.24. The molecule has 0 spiro atoms. The predicted octanol–water partition coefficient (Wildman–Crippen LogP) is 2.69. The average Bonchev–Trinajstić information content (AvgIpc) is 2.89. The van der Waals surface area contributed by atoms with E-state index in [4.69, 9.17) is 0 Å². The molecule has 2 atom stereocenters. The topological polar surface area (TPSA) is 23.5 Å². The van der Waals surface area contributed by atoms with Gasteiger partial charge in [-0.2, -0.15) is 11.8 Å². The quantitative estimate of drug-likeness (QED) is 0.889. The summed E-state index contributed by atoms with van der Waals surface area (Å²) in [5.41, 5.74) is 0.671. The summed E-state index contributed by atoms with van der Waals surface area (Å²) in [4.78, 5) is 2.31. The highest BCUT2D eigenvalue weighted by molar-refractivity contribution is 7.99. The number of benzene rings is 1. The molecule has 2 rings (SSSR count). The molecule has 1 aliphatic heterocycles. The Hall–Kier alpha value is -0.580. The zero-order valence-electron chi connectivity index (χ0n) is 10.7. The van der Waals surface area contributed by atoms with Crippen LogP contribution < -0.4 is 0 Å². The van der Waals surface area contributed by atoms with Gasteiger partial charge in [0.15, 0.2) is 0 Å². The monoisotopic (exact) mass is 269 g/mol. The van der Waals surface area contributed by atoms with Gasteiger partial charge in [0.25, 0.3) is 0 Å². The van der Waals surface area contributed by atoms with Crippen molar-refractivity contribution in [1.29, 1.82) is 0 Å². The van der Waals surface area contributed by atoms with Crippen molar-refractivity contribution in [2.45, 2.75) is 25.0 Å². The molecule has 100 valence electrons. The van der Waals surface area contributed by atoms with Gasteiger partial charge in [0.1, 0.15) is 5.82 Å². The van der Waals surface area contributed by atoms with Crippen LogP contribution in [0.1, 0.15) is 24.5 Å². The molecule has 0 amide bonds. The number of nitrogens with zero attached hydrogens (tertiary/aromatic N) is 1. The van der Waals surface area contributed by atoms with Crippen molar-refractivity contribution in [3.05, 3.63) is 35.6 Å². The minimum atomic E-state index is -0.572. The Morgan fingerprint density at radius 1 is 1.56 bits per heavy atom. The summed E-state index contributed by atoms with van der Waals surface area (Å²) in [5, 5.41) is 10.0. The molecule has 2 unspecified atom stereocenters. The summed E-state index contributed by atoms with van der Waals surface area (Å²) in [5.74, 6) is 2.14. The molecule has 1 N–H and O–H groups in total. The lowest BCUT2D eigenvalue weighted by molar-refractivity contribution is 0.139. The molecule has 1 saturated heterocycles. The Balaban J connectivity index is 1.82. The van der Waals surface area contributed by atoms with E-state index in [-0.39, 0.29) is 5.82 Å². The van der Waals surface area contributed by atoms with Gasteiger partial charge >= 0.3 is 0 Å². The Morgan fingerprint density at radius 2 is 2.39 bits per heavy atom. The van der Waals surface area contributed by atoms with Crippen LogP contribution in [0, 0.1) is 5.82 Å². The molecular formula is C14H20FNOS. The number of aliphatic hydroxyl groups is 1. The highest BCUT2D eigenvalue weighted by Crippen LogP contribution is 2.23. The standard InChI is InChI=1S/C14H20FNOS/c1-16(13-6-8-18-10-13)7-5-14(17)11-3-2-4-12(15)9-11/h2-4,9,13-14,17H,5-8,10H2,1H3. The molecule has 0 saturated carbocycles.